The number of hydrogen-bond acceptors (Lipinski definition) is 4. The maximum atomic E-state index is 9.53. The van der Waals surface area contributed by atoms with E-state index in [0.717, 1.165) is 11.1 Å². The molecular weight excluding hydrogens is 338 g/mol. The predicted octanol–water partition coefficient (Wildman–Crippen LogP) is 4.10. The van der Waals surface area contributed by atoms with Crippen molar-refractivity contribution >= 4 is 12.4 Å². The highest BCUT2D eigenvalue weighted by atomic mass is 35.5. The third-order valence-electron chi connectivity index (χ3n) is 4.11. The SMILES string of the molecule is CCOc1cc([C@@H](N)C(C)(C)CO)ccc1OCc1ccccc1.Cl. The summed E-state index contributed by atoms with van der Waals surface area (Å²) in [6, 6.07) is 15.4. The molecule has 0 fully saturated rings. The van der Waals surface area contributed by atoms with Gasteiger partial charge in [-0.2, -0.15) is 0 Å². The fraction of sp³-hybridized carbons (Fsp3) is 0.400. The first-order valence-corrected chi connectivity index (χ1v) is 8.28. The Morgan fingerprint density at radius 1 is 1.04 bits per heavy atom. The second-order valence-electron chi connectivity index (χ2n) is 6.54. The quantitative estimate of drug-likeness (QED) is 0.739. The van der Waals surface area contributed by atoms with Crippen molar-refractivity contribution in [3.8, 4) is 11.5 Å². The fourth-order valence-electron chi connectivity index (χ4n) is 2.39. The first-order chi connectivity index (χ1) is 11.5. The lowest BCUT2D eigenvalue weighted by Crippen LogP contribution is -2.32. The van der Waals surface area contributed by atoms with E-state index < -0.39 is 5.41 Å². The topological polar surface area (TPSA) is 64.7 Å². The highest BCUT2D eigenvalue weighted by molar-refractivity contribution is 5.85. The molecule has 138 valence electrons. The molecule has 0 bridgehead atoms. The van der Waals surface area contributed by atoms with Gasteiger partial charge >= 0.3 is 0 Å². The van der Waals surface area contributed by atoms with Crippen molar-refractivity contribution in [1.82, 2.24) is 0 Å². The van der Waals surface area contributed by atoms with Crippen molar-refractivity contribution in [2.75, 3.05) is 13.2 Å². The van der Waals surface area contributed by atoms with Crippen LogP contribution in [0, 0.1) is 5.41 Å². The molecule has 2 aromatic rings. The summed E-state index contributed by atoms with van der Waals surface area (Å²) in [6.45, 7) is 6.86. The number of aliphatic hydroxyl groups excluding tert-OH is 1. The van der Waals surface area contributed by atoms with Gasteiger partial charge in [-0.15, -0.1) is 12.4 Å². The van der Waals surface area contributed by atoms with E-state index in [-0.39, 0.29) is 25.1 Å². The van der Waals surface area contributed by atoms with Crippen LogP contribution in [0.5, 0.6) is 11.5 Å². The summed E-state index contributed by atoms with van der Waals surface area (Å²) in [4.78, 5) is 0. The van der Waals surface area contributed by atoms with E-state index >= 15 is 0 Å². The normalized spacial score (nSPS) is 12.2. The Balaban J connectivity index is 0.00000312. The zero-order valence-corrected chi connectivity index (χ0v) is 15.9. The van der Waals surface area contributed by atoms with Crippen molar-refractivity contribution < 1.29 is 14.6 Å². The van der Waals surface area contributed by atoms with Crippen molar-refractivity contribution in [3.05, 3.63) is 59.7 Å². The molecule has 0 radical (unpaired) electrons. The molecule has 2 aromatic carbocycles. The summed E-state index contributed by atoms with van der Waals surface area (Å²) in [7, 11) is 0. The molecule has 0 heterocycles. The summed E-state index contributed by atoms with van der Waals surface area (Å²) >= 11 is 0. The molecule has 25 heavy (non-hydrogen) atoms. The maximum absolute atomic E-state index is 9.53. The van der Waals surface area contributed by atoms with Crippen LogP contribution in [0.25, 0.3) is 0 Å². The third kappa shape index (κ3) is 5.63. The molecule has 4 nitrogen and oxygen atoms in total. The Morgan fingerprint density at radius 3 is 2.32 bits per heavy atom. The summed E-state index contributed by atoms with van der Waals surface area (Å²) in [6.07, 6.45) is 0. The van der Waals surface area contributed by atoms with Crippen LogP contribution in [0.15, 0.2) is 48.5 Å². The standard InChI is InChI=1S/C20H27NO3.ClH/c1-4-23-18-12-16(19(21)20(2,3)14-22)10-11-17(18)24-13-15-8-6-5-7-9-15;/h5-12,19,22H,4,13-14,21H2,1-3H3;1H/t19-;/m1./s1. The van der Waals surface area contributed by atoms with Crippen molar-refractivity contribution in [2.45, 2.75) is 33.4 Å². The minimum atomic E-state index is -0.407. The second kappa shape index (κ2) is 9.66. The minimum absolute atomic E-state index is 0. The molecule has 0 amide bonds. The van der Waals surface area contributed by atoms with Gasteiger partial charge in [0.1, 0.15) is 6.61 Å². The van der Waals surface area contributed by atoms with Crippen LogP contribution in [-0.4, -0.2) is 18.3 Å². The van der Waals surface area contributed by atoms with Gasteiger partial charge in [0, 0.05) is 18.1 Å². The molecule has 0 saturated carbocycles. The van der Waals surface area contributed by atoms with Crippen LogP contribution in [0.3, 0.4) is 0 Å². The number of ether oxygens (including phenoxy) is 2. The molecule has 0 spiro atoms. The molecule has 2 rings (SSSR count). The Hall–Kier alpha value is -1.75. The van der Waals surface area contributed by atoms with E-state index in [1.165, 1.54) is 0 Å². The smallest absolute Gasteiger partial charge is 0.161 e. The molecule has 0 saturated heterocycles. The largest absolute Gasteiger partial charge is 0.490 e. The van der Waals surface area contributed by atoms with Gasteiger partial charge in [0.15, 0.2) is 11.5 Å². The molecule has 1 atom stereocenters. The van der Waals surface area contributed by atoms with Gasteiger partial charge in [-0.3, -0.25) is 0 Å². The van der Waals surface area contributed by atoms with E-state index in [1.807, 2.05) is 69.3 Å². The number of nitrogens with two attached hydrogens (primary N) is 1. The lowest BCUT2D eigenvalue weighted by Gasteiger charge is -2.30. The Morgan fingerprint density at radius 2 is 1.72 bits per heavy atom. The number of hydrogen-bond donors (Lipinski definition) is 2. The van der Waals surface area contributed by atoms with Gasteiger partial charge < -0.3 is 20.3 Å². The monoisotopic (exact) mass is 365 g/mol. The van der Waals surface area contributed by atoms with E-state index in [2.05, 4.69) is 0 Å². The zero-order valence-electron chi connectivity index (χ0n) is 15.1. The van der Waals surface area contributed by atoms with E-state index in [1.54, 1.807) is 0 Å². The molecule has 0 aliphatic rings. The average Bonchev–Trinajstić information content (AvgIpc) is 2.61. The zero-order chi connectivity index (χ0) is 17.6. The average molecular weight is 366 g/mol. The summed E-state index contributed by atoms with van der Waals surface area (Å²) in [5, 5.41) is 9.53. The van der Waals surface area contributed by atoms with Gasteiger partial charge in [-0.25, -0.2) is 0 Å². The van der Waals surface area contributed by atoms with Crippen LogP contribution in [0.1, 0.15) is 37.9 Å². The van der Waals surface area contributed by atoms with Crippen molar-refractivity contribution in [2.24, 2.45) is 11.1 Å². The van der Waals surface area contributed by atoms with Crippen molar-refractivity contribution in [1.29, 1.82) is 0 Å². The number of rotatable bonds is 8. The molecular formula is C20H28ClNO3. The molecule has 0 aliphatic heterocycles. The van der Waals surface area contributed by atoms with Crippen LogP contribution < -0.4 is 15.2 Å². The van der Waals surface area contributed by atoms with Crippen LogP contribution in [0.2, 0.25) is 0 Å². The molecule has 0 unspecified atom stereocenters. The van der Waals surface area contributed by atoms with E-state index in [9.17, 15) is 5.11 Å². The lowest BCUT2D eigenvalue weighted by atomic mass is 9.82. The lowest BCUT2D eigenvalue weighted by molar-refractivity contribution is 0.132. The summed E-state index contributed by atoms with van der Waals surface area (Å²) in [5.41, 5.74) is 7.92. The summed E-state index contributed by atoms with van der Waals surface area (Å²) < 4.78 is 11.6. The second-order valence-corrected chi connectivity index (χ2v) is 6.54. The van der Waals surface area contributed by atoms with Crippen LogP contribution >= 0.6 is 12.4 Å². The van der Waals surface area contributed by atoms with E-state index in [4.69, 9.17) is 15.2 Å². The van der Waals surface area contributed by atoms with Gasteiger partial charge in [0.05, 0.1) is 6.61 Å². The van der Waals surface area contributed by atoms with E-state index in [0.29, 0.717) is 24.7 Å². The van der Waals surface area contributed by atoms with Gasteiger partial charge in [-0.05, 0) is 30.2 Å². The third-order valence-corrected chi connectivity index (χ3v) is 4.11. The highest BCUT2D eigenvalue weighted by Crippen LogP contribution is 2.36. The Kier molecular flexibility index (Phi) is 8.23. The molecule has 3 N–H and O–H groups in total. The first-order valence-electron chi connectivity index (χ1n) is 8.28. The van der Waals surface area contributed by atoms with Gasteiger partial charge in [0.2, 0.25) is 0 Å². The molecule has 0 aliphatic carbocycles. The maximum Gasteiger partial charge on any atom is 0.161 e. The number of halogens is 1. The van der Waals surface area contributed by atoms with Gasteiger partial charge in [-0.1, -0.05) is 50.2 Å². The Bertz CT molecular complexity index is 647. The predicted molar refractivity (Wildman–Crippen MR) is 103 cm³/mol. The van der Waals surface area contributed by atoms with Crippen LogP contribution in [0.4, 0.5) is 0 Å². The minimum Gasteiger partial charge on any atom is -0.490 e. The van der Waals surface area contributed by atoms with Gasteiger partial charge in [0.25, 0.3) is 0 Å². The van der Waals surface area contributed by atoms with Crippen molar-refractivity contribution in [3.63, 3.8) is 0 Å². The molecule has 5 heteroatoms. The Labute approximate surface area is 156 Å². The fourth-order valence-corrected chi connectivity index (χ4v) is 2.39. The first kappa shape index (κ1) is 21.3. The summed E-state index contributed by atoms with van der Waals surface area (Å²) in [5.74, 6) is 1.37. The van der Waals surface area contributed by atoms with Crippen LogP contribution in [-0.2, 0) is 6.61 Å². The number of benzene rings is 2. The molecule has 0 aromatic heterocycles. The number of aliphatic hydroxyl groups is 1. The highest BCUT2D eigenvalue weighted by Gasteiger charge is 2.27.